The molecule has 0 aromatic carbocycles. The molecule has 0 heterocycles. The van der Waals surface area contributed by atoms with Crippen molar-refractivity contribution in [3.63, 3.8) is 0 Å². The predicted octanol–water partition coefficient (Wildman–Crippen LogP) is 27.2. The quantitative estimate of drug-likeness (QED) is 0.0320. The fraction of sp³-hybridized carbons (Fsp3) is 0.881. The number of aliphatic hydroxyl groups excluding tert-OH is 2. The van der Waals surface area contributed by atoms with Gasteiger partial charge in [-0.05, 0) is 89.9 Å². The van der Waals surface area contributed by atoms with E-state index in [9.17, 15) is 19.8 Å². The van der Waals surface area contributed by atoms with Gasteiger partial charge in [-0.25, -0.2) is 0 Å². The largest absolute Gasteiger partial charge is 0.466 e. The summed E-state index contributed by atoms with van der Waals surface area (Å²) in [7, 11) is 0. The van der Waals surface area contributed by atoms with Crippen LogP contribution >= 0.6 is 0 Å². The smallest absolute Gasteiger partial charge is 0.305 e. The van der Waals surface area contributed by atoms with Crippen molar-refractivity contribution < 1.29 is 24.5 Å². The van der Waals surface area contributed by atoms with Crippen LogP contribution in [-0.4, -0.2) is 47.4 Å². The Morgan fingerprint density at radius 3 is 0.878 bits per heavy atom. The van der Waals surface area contributed by atoms with Gasteiger partial charge < -0.3 is 20.3 Å². The Morgan fingerprint density at radius 2 is 0.556 bits per heavy atom. The van der Waals surface area contributed by atoms with Gasteiger partial charge in [-0.2, -0.15) is 0 Å². The van der Waals surface area contributed by atoms with E-state index in [0.29, 0.717) is 19.4 Å². The van der Waals surface area contributed by atoms with Crippen molar-refractivity contribution in [1.82, 2.24) is 5.32 Å². The molecule has 0 aliphatic rings. The van der Waals surface area contributed by atoms with E-state index in [-0.39, 0.29) is 18.5 Å². The second-order valence-corrected chi connectivity index (χ2v) is 28.1. The minimum atomic E-state index is -0.845. The molecule has 0 spiro atoms. The first-order valence-electron chi connectivity index (χ1n) is 40.9. The number of aliphatic hydroxyl groups is 2. The Labute approximate surface area is 563 Å². The molecule has 0 aromatic rings. The van der Waals surface area contributed by atoms with Gasteiger partial charge in [0.25, 0.3) is 0 Å². The Balaban J connectivity index is 3.39. The Morgan fingerprint density at radius 1 is 0.311 bits per heavy atom. The molecule has 3 N–H and O–H groups in total. The molecular formula is C84H159NO5. The number of nitrogens with one attached hydrogen (secondary N) is 1. The minimum absolute atomic E-state index is 0.00881. The maximum absolute atomic E-state index is 12.6. The topological polar surface area (TPSA) is 95.9 Å². The summed E-state index contributed by atoms with van der Waals surface area (Å²) in [5.41, 5.74) is 0. The fourth-order valence-electron chi connectivity index (χ4n) is 12.8. The highest BCUT2D eigenvalue weighted by Crippen LogP contribution is 2.20. The first-order chi connectivity index (χ1) is 44.5. The SMILES string of the molecule is CCCCC/C=C\CCCCCCCC(=O)OCCCCCCCCCCCCCCC/C=C\C/C=C\CCCCCCCCCCCCCCCCCCCC(=O)NC(CO)C(O)/C=C/CCCCCCCCCCCCCCCCCCCCCCCC. The molecule has 530 valence electrons. The van der Waals surface area contributed by atoms with Crippen molar-refractivity contribution >= 4 is 11.9 Å². The first-order valence-corrected chi connectivity index (χ1v) is 40.9. The number of hydrogen-bond acceptors (Lipinski definition) is 5. The number of rotatable bonds is 77. The summed E-state index contributed by atoms with van der Waals surface area (Å²) < 4.78 is 5.48. The van der Waals surface area contributed by atoms with E-state index >= 15 is 0 Å². The molecule has 0 aromatic heterocycles. The minimum Gasteiger partial charge on any atom is -0.466 e. The molecule has 6 heteroatoms. The van der Waals surface area contributed by atoms with Crippen LogP contribution in [0.3, 0.4) is 0 Å². The molecule has 0 rings (SSSR count). The molecule has 0 saturated heterocycles. The molecule has 0 bridgehead atoms. The number of amides is 1. The lowest BCUT2D eigenvalue weighted by atomic mass is 10.0. The number of ether oxygens (including phenoxy) is 1. The third-order valence-corrected chi connectivity index (χ3v) is 19.1. The summed E-state index contributed by atoms with van der Waals surface area (Å²) in [5, 5.41) is 23.3. The lowest BCUT2D eigenvalue weighted by molar-refractivity contribution is -0.143. The van der Waals surface area contributed by atoms with Crippen molar-refractivity contribution in [2.45, 2.75) is 463 Å². The average Bonchev–Trinajstić information content (AvgIpc) is 3.63. The molecule has 2 unspecified atom stereocenters. The van der Waals surface area contributed by atoms with Crippen molar-refractivity contribution in [1.29, 1.82) is 0 Å². The third kappa shape index (κ3) is 74.9. The number of hydrogen-bond donors (Lipinski definition) is 3. The summed E-state index contributed by atoms with van der Waals surface area (Å²) >= 11 is 0. The molecule has 0 aliphatic heterocycles. The van der Waals surface area contributed by atoms with Gasteiger partial charge in [0.1, 0.15) is 0 Å². The van der Waals surface area contributed by atoms with Gasteiger partial charge in [0.2, 0.25) is 5.91 Å². The van der Waals surface area contributed by atoms with E-state index in [1.807, 2.05) is 6.08 Å². The van der Waals surface area contributed by atoms with Crippen molar-refractivity contribution in [3.8, 4) is 0 Å². The van der Waals surface area contributed by atoms with Crippen LogP contribution in [0.2, 0.25) is 0 Å². The highest BCUT2D eigenvalue weighted by Gasteiger charge is 2.18. The molecule has 1 amide bonds. The van der Waals surface area contributed by atoms with Gasteiger partial charge in [-0.3, -0.25) is 9.59 Å². The van der Waals surface area contributed by atoms with Crippen LogP contribution in [-0.2, 0) is 14.3 Å². The zero-order chi connectivity index (χ0) is 64.9. The molecule has 0 aliphatic carbocycles. The standard InChI is InChI=1S/C84H159NO5/c1-3-5-7-9-11-13-15-17-18-19-20-21-22-38-41-44-47-50-53-56-60-64-68-72-76-82(87)81(80-86)85-83(88)77-73-69-65-61-57-54-51-48-45-42-39-36-34-32-30-28-26-24-23-25-27-29-31-33-35-37-40-43-46-49-52-55-59-63-67-71-75-79-90-84(89)78-74-70-66-62-58-16-14-12-10-8-6-4-2/h12,14,23,25,29,31,72,76,81-82,86-87H,3-11,13,15-22,24,26-28,30,32-71,73-75,77-80H2,1-2H3,(H,85,88)/b14-12-,25-23-,31-29-,76-72+. The molecule has 0 radical (unpaired) electrons. The Hall–Kier alpha value is -2.18. The van der Waals surface area contributed by atoms with Gasteiger partial charge in [-0.1, -0.05) is 396 Å². The maximum Gasteiger partial charge on any atom is 0.305 e. The van der Waals surface area contributed by atoms with Gasteiger partial charge in [0, 0.05) is 12.8 Å². The van der Waals surface area contributed by atoms with Gasteiger partial charge in [-0.15, -0.1) is 0 Å². The first kappa shape index (κ1) is 87.8. The highest BCUT2D eigenvalue weighted by molar-refractivity contribution is 5.76. The van der Waals surface area contributed by atoms with Crippen LogP contribution in [0.15, 0.2) is 48.6 Å². The summed E-state index contributed by atoms with van der Waals surface area (Å²) in [5.74, 6) is -0.0516. The molecule has 2 atom stereocenters. The van der Waals surface area contributed by atoms with E-state index in [1.54, 1.807) is 6.08 Å². The average molecular weight is 1260 g/mol. The van der Waals surface area contributed by atoms with Gasteiger partial charge >= 0.3 is 5.97 Å². The van der Waals surface area contributed by atoms with E-state index in [4.69, 9.17) is 4.74 Å². The predicted molar refractivity (Wildman–Crippen MR) is 398 cm³/mol. The summed E-state index contributed by atoms with van der Waals surface area (Å²) in [4.78, 5) is 24.6. The van der Waals surface area contributed by atoms with E-state index in [1.165, 1.54) is 372 Å². The third-order valence-electron chi connectivity index (χ3n) is 19.1. The highest BCUT2D eigenvalue weighted by atomic mass is 16.5. The lowest BCUT2D eigenvalue weighted by Crippen LogP contribution is -2.45. The monoisotopic (exact) mass is 1260 g/mol. The van der Waals surface area contributed by atoms with Crippen molar-refractivity contribution in [2.24, 2.45) is 0 Å². The number of unbranched alkanes of at least 4 members (excludes halogenated alkanes) is 60. The summed E-state index contributed by atoms with van der Waals surface area (Å²) in [6, 6.07) is -0.628. The summed E-state index contributed by atoms with van der Waals surface area (Å²) in [6.07, 6.45) is 105. The molecule has 6 nitrogen and oxygen atoms in total. The zero-order valence-electron chi connectivity index (χ0n) is 60.9. The van der Waals surface area contributed by atoms with Gasteiger partial charge in [0.05, 0.1) is 25.4 Å². The molecular weight excluding hydrogens is 1100 g/mol. The lowest BCUT2D eigenvalue weighted by Gasteiger charge is -2.20. The van der Waals surface area contributed by atoms with Gasteiger partial charge in [0.15, 0.2) is 0 Å². The second-order valence-electron chi connectivity index (χ2n) is 28.1. The van der Waals surface area contributed by atoms with E-state index in [0.717, 1.165) is 51.4 Å². The molecule has 0 fully saturated rings. The van der Waals surface area contributed by atoms with Crippen LogP contribution in [0.5, 0.6) is 0 Å². The van der Waals surface area contributed by atoms with Crippen LogP contribution in [0.25, 0.3) is 0 Å². The number of carbonyl (C=O) groups is 2. The maximum atomic E-state index is 12.6. The van der Waals surface area contributed by atoms with Crippen molar-refractivity contribution in [3.05, 3.63) is 48.6 Å². The number of esters is 1. The van der Waals surface area contributed by atoms with Crippen LogP contribution in [0, 0.1) is 0 Å². The number of carbonyl (C=O) groups excluding carboxylic acids is 2. The van der Waals surface area contributed by atoms with E-state index < -0.39 is 12.1 Å². The van der Waals surface area contributed by atoms with Crippen LogP contribution in [0.1, 0.15) is 450 Å². The summed E-state index contributed by atoms with van der Waals surface area (Å²) in [6.45, 7) is 4.92. The molecule has 0 saturated carbocycles. The molecule has 90 heavy (non-hydrogen) atoms. The Kier molecular flexibility index (Phi) is 77.3. The second kappa shape index (κ2) is 79.3. The zero-order valence-corrected chi connectivity index (χ0v) is 60.9. The Bertz CT molecular complexity index is 1500. The van der Waals surface area contributed by atoms with E-state index in [2.05, 4.69) is 55.6 Å². The van der Waals surface area contributed by atoms with Crippen LogP contribution in [0.4, 0.5) is 0 Å². The van der Waals surface area contributed by atoms with Crippen LogP contribution < -0.4 is 5.32 Å². The fourth-order valence-corrected chi connectivity index (χ4v) is 12.8. The number of allylic oxidation sites excluding steroid dienone is 7. The normalized spacial score (nSPS) is 12.7. The van der Waals surface area contributed by atoms with Crippen molar-refractivity contribution in [2.75, 3.05) is 13.2 Å².